The molecule has 0 rings (SSSR count). The van der Waals surface area contributed by atoms with Crippen molar-refractivity contribution >= 4 is 0 Å². The van der Waals surface area contributed by atoms with Crippen molar-refractivity contribution in [3.8, 4) is 0 Å². The first-order chi connectivity index (χ1) is 7.47. The van der Waals surface area contributed by atoms with Gasteiger partial charge in [0.15, 0.2) is 0 Å². The van der Waals surface area contributed by atoms with Crippen LogP contribution in [0.5, 0.6) is 0 Å². The summed E-state index contributed by atoms with van der Waals surface area (Å²) in [4.78, 5) is 0. The summed E-state index contributed by atoms with van der Waals surface area (Å²) < 4.78 is 0. The molecule has 0 aliphatic heterocycles. The highest BCUT2D eigenvalue weighted by Crippen LogP contribution is 2.31. The van der Waals surface area contributed by atoms with Crippen molar-refractivity contribution in [2.24, 2.45) is 5.41 Å². The van der Waals surface area contributed by atoms with Crippen molar-refractivity contribution in [2.45, 2.75) is 59.8 Å². The summed E-state index contributed by atoms with van der Waals surface area (Å²) >= 11 is 0. The zero-order valence-electron chi connectivity index (χ0n) is 11.6. The van der Waals surface area contributed by atoms with Gasteiger partial charge in [0, 0.05) is 5.41 Å². The van der Waals surface area contributed by atoms with Crippen molar-refractivity contribution in [3.05, 3.63) is 36.5 Å². The minimum absolute atomic E-state index is 0.0882. The van der Waals surface area contributed by atoms with Crippen molar-refractivity contribution in [1.82, 2.24) is 0 Å². The van der Waals surface area contributed by atoms with E-state index in [0.29, 0.717) is 0 Å². The highest BCUT2D eigenvalue weighted by molar-refractivity contribution is 5.17. The summed E-state index contributed by atoms with van der Waals surface area (Å²) in [6, 6.07) is 0. The third-order valence-electron chi connectivity index (χ3n) is 3.10. The van der Waals surface area contributed by atoms with Gasteiger partial charge in [-0.1, -0.05) is 57.1 Å². The zero-order valence-corrected chi connectivity index (χ0v) is 11.6. The third kappa shape index (κ3) is 5.95. The largest absolute Gasteiger partial charge is 0.102 e. The van der Waals surface area contributed by atoms with Gasteiger partial charge >= 0.3 is 0 Å². The van der Waals surface area contributed by atoms with Crippen molar-refractivity contribution in [2.75, 3.05) is 0 Å². The molecule has 92 valence electrons. The van der Waals surface area contributed by atoms with E-state index < -0.39 is 0 Å². The Morgan fingerprint density at radius 2 is 1.94 bits per heavy atom. The molecule has 0 aromatic heterocycles. The van der Waals surface area contributed by atoms with Crippen LogP contribution in [-0.4, -0.2) is 0 Å². The number of hydrogen-bond donors (Lipinski definition) is 0. The van der Waals surface area contributed by atoms with Gasteiger partial charge in [-0.2, -0.15) is 0 Å². The lowest BCUT2D eigenvalue weighted by atomic mass is 9.81. The van der Waals surface area contributed by atoms with Crippen molar-refractivity contribution in [3.63, 3.8) is 0 Å². The molecule has 1 atom stereocenters. The fourth-order valence-corrected chi connectivity index (χ4v) is 1.94. The Morgan fingerprint density at radius 1 is 1.31 bits per heavy atom. The Morgan fingerprint density at radius 3 is 2.38 bits per heavy atom. The summed E-state index contributed by atoms with van der Waals surface area (Å²) in [6.45, 7) is 16.9. The van der Waals surface area contributed by atoms with Crippen molar-refractivity contribution in [1.29, 1.82) is 0 Å². The molecule has 0 heterocycles. The SMILES string of the molecule is C=CC(C)(/C=C(\C)CCCC)CC(=C)CC. The molecular formula is C16H28. The molecule has 0 saturated heterocycles. The van der Waals surface area contributed by atoms with Crippen LogP contribution in [0, 0.1) is 5.41 Å². The lowest BCUT2D eigenvalue weighted by molar-refractivity contribution is 0.533. The molecule has 0 nitrogen and oxygen atoms in total. The van der Waals surface area contributed by atoms with Gasteiger partial charge < -0.3 is 0 Å². The molecule has 0 aromatic rings. The standard InChI is InChI=1S/C16H28/c1-7-10-11-15(5)13-16(6,9-3)12-14(4)8-2/h9,13H,3-4,7-8,10-12H2,1-2,5-6H3/b15-13+. The third-order valence-corrected chi connectivity index (χ3v) is 3.10. The lowest BCUT2D eigenvalue weighted by Crippen LogP contribution is -2.11. The second-order valence-corrected chi connectivity index (χ2v) is 5.08. The van der Waals surface area contributed by atoms with E-state index in [2.05, 4.69) is 53.0 Å². The summed E-state index contributed by atoms with van der Waals surface area (Å²) in [6.07, 6.45) is 10.3. The molecular weight excluding hydrogens is 192 g/mol. The molecule has 0 aliphatic rings. The molecule has 0 aliphatic carbocycles. The number of unbranched alkanes of at least 4 members (excludes halogenated alkanes) is 1. The van der Waals surface area contributed by atoms with E-state index in [1.165, 1.54) is 30.4 Å². The van der Waals surface area contributed by atoms with Gasteiger partial charge in [-0.05, 0) is 32.6 Å². The molecule has 0 radical (unpaired) electrons. The molecule has 1 unspecified atom stereocenters. The van der Waals surface area contributed by atoms with Crippen LogP contribution < -0.4 is 0 Å². The molecule has 0 spiro atoms. The van der Waals surface area contributed by atoms with Crippen LogP contribution in [0.2, 0.25) is 0 Å². The second kappa shape index (κ2) is 7.49. The summed E-state index contributed by atoms with van der Waals surface area (Å²) in [5.74, 6) is 0. The molecule has 0 aromatic carbocycles. The maximum absolute atomic E-state index is 4.10. The van der Waals surface area contributed by atoms with Crippen LogP contribution in [0.4, 0.5) is 0 Å². The highest BCUT2D eigenvalue weighted by Gasteiger charge is 2.17. The predicted molar refractivity (Wildman–Crippen MR) is 75.6 cm³/mol. The molecule has 0 heteroatoms. The Labute approximate surface area is 102 Å². The van der Waals surface area contributed by atoms with E-state index in [0.717, 1.165) is 12.8 Å². The first kappa shape index (κ1) is 15.2. The maximum Gasteiger partial charge on any atom is 0.00696 e. The van der Waals surface area contributed by atoms with Gasteiger partial charge in [0.2, 0.25) is 0 Å². The van der Waals surface area contributed by atoms with Crippen LogP contribution in [0.3, 0.4) is 0 Å². The number of hydrogen-bond acceptors (Lipinski definition) is 0. The molecule has 0 saturated carbocycles. The number of rotatable bonds is 8. The Balaban J connectivity index is 4.56. The van der Waals surface area contributed by atoms with Gasteiger partial charge in [0.25, 0.3) is 0 Å². The van der Waals surface area contributed by atoms with E-state index in [9.17, 15) is 0 Å². The van der Waals surface area contributed by atoms with Gasteiger partial charge in [-0.15, -0.1) is 6.58 Å². The van der Waals surface area contributed by atoms with E-state index in [1.54, 1.807) is 0 Å². The summed E-state index contributed by atoms with van der Waals surface area (Å²) in [5, 5.41) is 0. The van der Waals surface area contributed by atoms with Crippen LogP contribution >= 0.6 is 0 Å². The van der Waals surface area contributed by atoms with E-state index in [4.69, 9.17) is 0 Å². The molecule has 0 amide bonds. The first-order valence-electron chi connectivity index (χ1n) is 6.46. The molecule has 0 N–H and O–H groups in total. The topological polar surface area (TPSA) is 0 Å². The molecule has 0 fully saturated rings. The van der Waals surface area contributed by atoms with Gasteiger partial charge in [0.05, 0.1) is 0 Å². The quantitative estimate of drug-likeness (QED) is 0.462. The predicted octanol–water partition coefficient (Wildman–Crippen LogP) is 5.67. The van der Waals surface area contributed by atoms with E-state index >= 15 is 0 Å². The smallest absolute Gasteiger partial charge is 0.00696 e. The fourth-order valence-electron chi connectivity index (χ4n) is 1.94. The lowest BCUT2D eigenvalue weighted by Gasteiger charge is -2.24. The molecule has 0 bridgehead atoms. The zero-order chi connectivity index (χ0) is 12.6. The normalized spacial score (nSPS) is 15.6. The van der Waals surface area contributed by atoms with Crippen LogP contribution in [0.1, 0.15) is 59.8 Å². The van der Waals surface area contributed by atoms with E-state index in [1.807, 2.05) is 0 Å². The Bertz CT molecular complexity index is 257. The Hall–Kier alpha value is -0.780. The van der Waals surface area contributed by atoms with Gasteiger partial charge in [0.1, 0.15) is 0 Å². The average Bonchev–Trinajstić information content (AvgIpc) is 2.26. The first-order valence-corrected chi connectivity index (χ1v) is 6.46. The Kier molecular flexibility index (Phi) is 7.12. The van der Waals surface area contributed by atoms with Crippen LogP contribution in [0.25, 0.3) is 0 Å². The van der Waals surface area contributed by atoms with Gasteiger partial charge in [-0.25, -0.2) is 0 Å². The second-order valence-electron chi connectivity index (χ2n) is 5.08. The highest BCUT2D eigenvalue weighted by atomic mass is 14.2. The number of allylic oxidation sites excluding steroid dienone is 4. The average molecular weight is 220 g/mol. The molecule has 16 heavy (non-hydrogen) atoms. The monoisotopic (exact) mass is 220 g/mol. The van der Waals surface area contributed by atoms with Crippen LogP contribution in [-0.2, 0) is 0 Å². The summed E-state index contributed by atoms with van der Waals surface area (Å²) in [7, 11) is 0. The minimum atomic E-state index is 0.0882. The van der Waals surface area contributed by atoms with Crippen LogP contribution in [0.15, 0.2) is 36.5 Å². The van der Waals surface area contributed by atoms with Crippen molar-refractivity contribution < 1.29 is 0 Å². The summed E-state index contributed by atoms with van der Waals surface area (Å²) in [5.41, 5.74) is 2.88. The van der Waals surface area contributed by atoms with Gasteiger partial charge in [-0.3, -0.25) is 0 Å². The van der Waals surface area contributed by atoms with E-state index in [-0.39, 0.29) is 5.41 Å². The fraction of sp³-hybridized carbons (Fsp3) is 0.625. The minimum Gasteiger partial charge on any atom is -0.102 e. The maximum atomic E-state index is 4.10.